The van der Waals surface area contributed by atoms with Crippen LogP contribution >= 0.6 is 23.2 Å². The van der Waals surface area contributed by atoms with Gasteiger partial charge in [-0.25, -0.2) is 4.68 Å². The Hall–Kier alpha value is -3.54. The van der Waals surface area contributed by atoms with Crippen LogP contribution in [0.25, 0.3) is 23.0 Å². The minimum Gasteiger partial charge on any atom is -0.454 e. The highest BCUT2D eigenvalue weighted by Gasteiger charge is 2.20. The summed E-state index contributed by atoms with van der Waals surface area (Å²) in [4.78, 5) is 12.0. The molecule has 2 aliphatic rings. The van der Waals surface area contributed by atoms with Crippen molar-refractivity contribution in [3.05, 3.63) is 99.8 Å². The summed E-state index contributed by atoms with van der Waals surface area (Å²) >= 11 is 12.5. The molecule has 184 valence electrons. The Morgan fingerprint density at radius 2 is 2.03 bits per heavy atom. The van der Waals surface area contributed by atoms with E-state index in [-0.39, 0.29) is 6.79 Å². The van der Waals surface area contributed by atoms with Crippen LogP contribution < -0.4 is 9.47 Å². The molecule has 0 unspecified atom stereocenters. The third-order valence-corrected chi connectivity index (χ3v) is 6.26. The fraction of sp³-hybridized carbons (Fsp3) is 0.172. The lowest BCUT2D eigenvalue weighted by atomic mass is 10.0. The molecule has 0 amide bonds. The van der Waals surface area contributed by atoms with Crippen LogP contribution in [0.2, 0.25) is 0 Å². The van der Waals surface area contributed by atoms with Crippen LogP contribution in [0.1, 0.15) is 32.4 Å². The molecule has 2 heterocycles. The standard InChI is InChI=1S/C29H26Cl2N2O3/c1-4-21(7-5-6-20(3)30)23(17-34)14-24-16-27(22-10-13-28-29(15-22)36-18-35-28)33(32-24)26-12-9-19(2)8-11-25(26)31/h5-11,13-17H,3-4,12,18H2,1-2H3/b6-5-,21-7+,23-14-. The monoisotopic (exact) mass is 520 g/mol. The smallest absolute Gasteiger partial charge is 0.231 e. The number of allylic oxidation sites excluding steroid dienone is 12. The van der Waals surface area contributed by atoms with Crippen LogP contribution in [-0.4, -0.2) is 22.9 Å². The maximum absolute atomic E-state index is 12.0. The van der Waals surface area contributed by atoms with Gasteiger partial charge in [0.05, 0.1) is 22.1 Å². The van der Waals surface area contributed by atoms with Gasteiger partial charge in [0.2, 0.25) is 6.79 Å². The maximum Gasteiger partial charge on any atom is 0.231 e. The van der Waals surface area contributed by atoms with E-state index >= 15 is 0 Å². The van der Waals surface area contributed by atoms with Crippen molar-refractivity contribution in [1.82, 2.24) is 9.78 Å². The first-order valence-electron chi connectivity index (χ1n) is 11.5. The van der Waals surface area contributed by atoms with Gasteiger partial charge in [-0.1, -0.05) is 66.6 Å². The average molecular weight is 521 g/mol. The summed E-state index contributed by atoms with van der Waals surface area (Å²) in [6, 6.07) is 7.70. The Kier molecular flexibility index (Phi) is 8.14. The summed E-state index contributed by atoms with van der Waals surface area (Å²) in [6.45, 7) is 7.86. The molecular formula is C29H26Cl2N2O3. The molecule has 1 aliphatic carbocycles. The molecule has 0 spiro atoms. The van der Waals surface area contributed by atoms with Crippen molar-refractivity contribution in [2.24, 2.45) is 0 Å². The molecule has 4 rings (SSSR count). The number of halogens is 2. The third-order valence-electron chi connectivity index (χ3n) is 5.79. The van der Waals surface area contributed by atoms with E-state index in [0.29, 0.717) is 45.7 Å². The number of hydrogen-bond acceptors (Lipinski definition) is 4. The third kappa shape index (κ3) is 5.81. The minimum absolute atomic E-state index is 0.193. The number of aldehydes is 1. The molecule has 2 aromatic rings. The number of nitrogens with zero attached hydrogens (tertiary/aromatic N) is 2. The zero-order valence-electron chi connectivity index (χ0n) is 20.1. The van der Waals surface area contributed by atoms with Crippen LogP contribution in [0.3, 0.4) is 0 Å². The predicted octanol–water partition coefficient (Wildman–Crippen LogP) is 7.82. The van der Waals surface area contributed by atoms with Gasteiger partial charge < -0.3 is 9.47 Å². The quantitative estimate of drug-likeness (QED) is 0.202. The first-order valence-corrected chi connectivity index (χ1v) is 12.3. The van der Waals surface area contributed by atoms with E-state index in [1.54, 1.807) is 18.2 Å². The zero-order chi connectivity index (χ0) is 25.7. The van der Waals surface area contributed by atoms with Crippen molar-refractivity contribution < 1.29 is 14.3 Å². The van der Waals surface area contributed by atoms with E-state index in [1.807, 2.05) is 61.0 Å². The number of ether oxygens (including phenoxy) is 2. The minimum atomic E-state index is 0.193. The Morgan fingerprint density at radius 3 is 2.78 bits per heavy atom. The molecule has 5 nitrogen and oxygen atoms in total. The summed E-state index contributed by atoms with van der Waals surface area (Å²) in [5, 5.41) is 5.87. The summed E-state index contributed by atoms with van der Waals surface area (Å²) in [6.07, 6.45) is 15.1. The van der Waals surface area contributed by atoms with Gasteiger partial charge in [0.15, 0.2) is 11.5 Å². The molecule has 36 heavy (non-hydrogen) atoms. The van der Waals surface area contributed by atoms with Crippen molar-refractivity contribution in [1.29, 1.82) is 0 Å². The van der Waals surface area contributed by atoms with Gasteiger partial charge in [-0.15, -0.1) is 0 Å². The van der Waals surface area contributed by atoms with Crippen LogP contribution in [0.15, 0.2) is 94.1 Å². The number of rotatable bonds is 8. The molecule has 0 radical (unpaired) electrons. The van der Waals surface area contributed by atoms with Crippen molar-refractivity contribution in [3.63, 3.8) is 0 Å². The van der Waals surface area contributed by atoms with Crippen LogP contribution in [0.5, 0.6) is 11.5 Å². The lowest BCUT2D eigenvalue weighted by Crippen LogP contribution is -2.03. The van der Waals surface area contributed by atoms with Crippen molar-refractivity contribution >= 4 is 41.3 Å². The summed E-state index contributed by atoms with van der Waals surface area (Å²) in [7, 11) is 0. The summed E-state index contributed by atoms with van der Waals surface area (Å²) in [5.41, 5.74) is 5.67. The van der Waals surface area contributed by atoms with Gasteiger partial charge in [-0.2, -0.15) is 5.10 Å². The van der Waals surface area contributed by atoms with Crippen molar-refractivity contribution in [3.8, 4) is 22.8 Å². The molecule has 0 bridgehead atoms. The molecule has 0 atom stereocenters. The highest BCUT2D eigenvalue weighted by atomic mass is 35.5. The highest BCUT2D eigenvalue weighted by molar-refractivity contribution is 6.33. The molecule has 0 N–H and O–H groups in total. The SMILES string of the molecule is C=C(Cl)\C=C/C=C(CC)/C(C=O)=C\c1cc(-c2ccc3c(c2)OCO3)n(C2=C(Cl)C=CC(C)=CC2)n1. The van der Waals surface area contributed by atoms with Gasteiger partial charge in [0.1, 0.15) is 6.29 Å². The second-order valence-electron chi connectivity index (χ2n) is 8.28. The normalized spacial score (nSPS) is 15.9. The Bertz CT molecular complexity index is 1390. The maximum atomic E-state index is 12.0. The Labute approximate surface area is 221 Å². The van der Waals surface area contributed by atoms with Crippen molar-refractivity contribution in [2.45, 2.75) is 26.7 Å². The van der Waals surface area contributed by atoms with E-state index < -0.39 is 0 Å². The number of fused-ring (bicyclic) bond motifs is 1. The average Bonchev–Trinajstić information content (AvgIpc) is 3.46. The van der Waals surface area contributed by atoms with Gasteiger partial charge in [0, 0.05) is 22.6 Å². The molecule has 1 aromatic carbocycles. The van der Waals surface area contributed by atoms with E-state index in [2.05, 4.69) is 12.7 Å². The molecule has 1 aromatic heterocycles. The molecular weight excluding hydrogens is 495 g/mol. The van der Waals surface area contributed by atoms with E-state index in [0.717, 1.165) is 34.4 Å². The van der Waals surface area contributed by atoms with E-state index in [1.165, 1.54) is 0 Å². The second kappa shape index (κ2) is 11.5. The highest BCUT2D eigenvalue weighted by Crippen LogP contribution is 2.38. The molecule has 1 aliphatic heterocycles. The fourth-order valence-electron chi connectivity index (χ4n) is 3.90. The van der Waals surface area contributed by atoms with Gasteiger partial charge in [-0.05, 0) is 61.4 Å². The Balaban J connectivity index is 1.84. The number of benzene rings is 1. The first kappa shape index (κ1) is 25.5. The fourth-order valence-corrected chi connectivity index (χ4v) is 4.19. The summed E-state index contributed by atoms with van der Waals surface area (Å²) < 4.78 is 12.9. The van der Waals surface area contributed by atoms with E-state index in [4.69, 9.17) is 37.8 Å². The van der Waals surface area contributed by atoms with Gasteiger partial charge in [0.25, 0.3) is 0 Å². The largest absolute Gasteiger partial charge is 0.454 e. The zero-order valence-corrected chi connectivity index (χ0v) is 21.6. The molecule has 0 saturated carbocycles. The van der Waals surface area contributed by atoms with Gasteiger partial charge >= 0.3 is 0 Å². The number of aromatic nitrogens is 2. The predicted molar refractivity (Wildman–Crippen MR) is 147 cm³/mol. The van der Waals surface area contributed by atoms with E-state index in [9.17, 15) is 4.79 Å². The summed E-state index contributed by atoms with van der Waals surface area (Å²) in [5.74, 6) is 1.37. The van der Waals surface area contributed by atoms with Gasteiger partial charge in [-0.3, -0.25) is 4.79 Å². The number of carbonyl (C=O) groups is 1. The number of hydrogen-bond donors (Lipinski definition) is 0. The molecule has 0 fully saturated rings. The topological polar surface area (TPSA) is 53.4 Å². The lowest BCUT2D eigenvalue weighted by Gasteiger charge is -2.12. The van der Waals surface area contributed by atoms with Crippen LogP contribution in [-0.2, 0) is 4.79 Å². The number of carbonyl (C=O) groups excluding carboxylic acids is 1. The lowest BCUT2D eigenvalue weighted by molar-refractivity contribution is -0.104. The van der Waals surface area contributed by atoms with Crippen LogP contribution in [0, 0.1) is 0 Å². The molecule has 7 heteroatoms. The van der Waals surface area contributed by atoms with Crippen molar-refractivity contribution in [2.75, 3.05) is 6.79 Å². The molecule has 0 saturated heterocycles. The second-order valence-corrected chi connectivity index (χ2v) is 9.18. The van der Waals surface area contributed by atoms with Crippen LogP contribution in [0.4, 0.5) is 0 Å². The first-order chi connectivity index (χ1) is 17.4. The Morgan fingerprint density at radius 1 is 1.22 bits per heavy atom.